The molecule has 1 fully saturated rings. The summed E-state index contributed by atoms with van der Waals surface area (Å²) in [7, 11) is 0. The maximum atomic E-state index is 13.2. The number of nitrogens with zero attached hydrogens (tertiary/aromatic N) is 3. The van der Waals surface area contributed by atoms with Crippen LogP contribution < -0.4 is 10.1 Å². The van der Waals surface area contributed by atoms with Gasteiger partial charge in [-0.05, 0) is 31.9 Å². The molecule has 2 amide bonds. The standard InChI is InChI=1S/C18H20N4O3/c1-12-17(23)20-15-6-2-5-14(16(15)25-12)18(24)22-8-3-4-13(22)10-21-9-7-19-11-21/h2,5-7,9,11-13H,3-4,8,10H2,1H3,(H,20,23). The van der Waals surface area contributed by atoms with Gasteiger partial charge in [0.25, 0.3) is 11.8 Å². The van der Waals surface area contributed by atoms with Crippen LogP contribution in [0.4, 0.5) is 5.69 Å². The van der Waals surface area contributed by atoms with Crippen molar-refractivity contribution in [2.45, 2.75) is 38.5 Å². The minimum atomic E-state index is -0.609. The summed E-state index contributed by atoms with van der Waals surface area (Å²) in [6.07, 6.45) is 6.76. The molecule has 25 heavy (non-hydrogen) atoms. The van der Waals surface area contributed by atoms with Crippen LogP contribution in [0.15, 0.2) is 36.9 Å². The van der Waals surface area contributed by atoms with E-state index in [-0.39, 0.29) is 17.9 Å². The summed E-state index contributed by atoms with van der Waals surface area (Å²) < 4.78 is 7.72. The zero-order valence-corrected chi connectivity index (χ0v) is 14.0. The van der Waals surface area contributed by atoms with Crippen LogP contribution in [0.1, 0.15) is 30.1 Å². The summed E-state index contributed by atoms with van der Waals surface area (Å²) in [5.41, 5.74) is 1.06. The number of ether oxygens (including phenoxy) is 1. The molecule has 7 nitrogen and oxygen atoms in total. The molecule has 0 saturated carbocycles. The Bertz CT molecular complexity index is 803. The molecule has 2 aliphatic heterocycles. The van der Waals surface area contributed by atoms with E-state index in [0.29, 0.717) is 17.0 Å². The second kappa shape index (κ2) is 6.23. The van der Waals surface area contributed by atoms with Crippen LogP contribution in [-0.2, 0) is 11.3 Å². The Morgan fingerprint density at radius 1 is 1.44 bits per heavy atom. The number of rotatable bonds is 3. The number of imidazole rings is 1. The molecule has 1 aromatic carbocycles. The van der Waals surface area contributed by atoms with Gasteiger partial charge in [0.1, 0.15) is 0 Å². The maximum absolute atomic E-state index is 13.2. The van der Waals surface area contributed by atoms with Crippen molar-refractivity contribution in [1.82, 2.24) is 14.5 Å². The molecular weight excluding hydrogens is 320 g/mol. The number of amides is 2. The molecule has 2 aromatic rings. The van der Waals surface area contributed by atoms with Gasteiger partial charge in [-0.2, -0.15) is 0 Å². The average Bonchev–Trinajstić information content (AvgIpc) is 3.27. The number of nitrogens with one attached hydrogen (secondary N) is 1. The van der Waals surface area contributed by atoms with Crippen molar-refractivity contribution in [3.63, 3.8) is 0 Å². The molecular formula is C18H20N4O3. The fourth-order valence-electron chi connectivity index (χ4n) is 3.48. The lowest BCUT2D eigenvalue weighted by atomic mass is 10.1. The molecule has 1 aromatic heterocycles. The molecule has 2 aliphatic rings. The number of hydrogen-bond acceptors (Lipinski definition) is 4. The highest BCUT2D eigenvalue weighted by Crippen LogP contribution is 2.35. The molecule has 0 radical (unpaired) electrons. The Morgan fingerprint density at radius 3 is 3.12 bits per heavy atom. The Kier molecular flexibility index (Phi) is 3.91. The minimum Gasteiger partial charge on any atom is -0.478 e. The van der Waals surface area contributed by atoms with Gasteiger partial charge in [0, 0.05) is 25.5 Å². The number of para-hydroxylation sites is 1. The van der Waals surface area contributed by atoms with Crippen molar-refractivity contribution in [2.75, 3.05) is 11.9 Å². The predicted molar refractivity (Wildman–Crippen MR) is 91.4 cm³/mol. The minimum absolute atomic E-state index is 0.0529. The molecule has 1 saturated heterocycles. The zero-order valence-electron chi connectivity index (χ0n) is 14.0. The van der Waals surface area contributed by atoms with E-state index in [1.54, 1.807) is 37.6 Å². The fraction of sp³-hybridized carbons (Fsp3) is 0.389. The number of hydrogen-bond donors (Lipinski definition) is 1. The van der Waals surface area contributed by atoms with Gasteiger partial charge in [-0.25, -0.2) is 4.98 Å². The highest BCUT2D eigenvalue weighted by atomic mass is 16.5. The monoisotopic (exact) mass is 340 g/mol. The first-order valence-corrected chi connectivity index (χ1v) is 8.51. The van der Waals surface area contributed by atoms with Crippen LogP contribution in [-0.4, -0.2) is 45.0 Å². The van der Waals surface area contributed by atoms with Crippen LogP contribution in [0.5, 0.6) is 5.75 Å². The molecule has 3 heterocycles. The van der Waals surface area contributed by atoms with Gasteiger partial charge < -0.3 is 19.5 Å². The zero-order chi connectivity index (χ0) is 17.4. The molecule has 2 unspecified atom stereocenters. The third kappa shape index (κ3) is 2.86. The number of carbonyl (C=O) groups excluding carboxylic acids is 2. The fourth-order valence-corrected chi connectivity index (χ4v) is 3.48. The second-order valence-corrected chi connectivity index (χ2v) is 6.49. The maximum Gasteiger partial charge on any atom is 0.265 e. The molecule has 0 aliphatic carbocycles. The van der Waals surface area contributed by atoms with Gasteiger partial charge in [-0.1, -0.05) is 6.07 Å². The van der Waals surface area contributed by atoms with Gasteiger partial charge in [0.2, 0.25) is 0 Å². The van der Waals surface area contributed by atoms with Crippen molar-refractivity contribution in [1.29, 1.82) is 0 Å². The Balaban J connectivity index is 1.60. The van der Waals surface area contributed by atoms with E-state index in [0.717, 1.165) is 25.9 Å². The van der Waals surface area contributed by atoms with Crippen molar-refractivity contribution in [3.05, 3.63) is 42.5 Å². The predicted octanol–water partition coefficient (Wildman–Crippen LogP) is 1.91. The first kappa shape index (κ1) is 15.7. The Morgan fingerprint density at radius 2 is 2.32 bits per heavy atom. The largest absolute Gasteiger partial charge is 0.478 e. The van der Waals surface area contributed by atoms with E-state index in [1.807, 2.05) is 15.7 Å². The SMILES string of the molecule is CC1Oc2c(cccc2C(=O)N2CCCC2Cn2ccnc2)NC1=O. The van der Waals surface area contributed by atoms with Crippen LogP contribution in [0.3, 0.4) is 0 Å². The van der Waals surface area contributed by atoms with E-state index in [4.69, 9.17) is 4.74 Å². The topological polar surface area (TPSA) is 76.5 Å². The first-order chi connectivity index (χ1) is 12.1. The van der Waals surface area contributed by atoms with Gasteiger partial charge in [0.15, 0.2) is 11.9 Å². The molecule has 0 spiro atoms. The second-order valence-electron chi connectivity index (χ2n) is 6.49. The van der Waals surface area contributed by atoms with E-state index < -0.39 is 6.10 Å². The normalized spacial score (nSPS) is 22.3. The molecule has 4 rings (SSSR count). The van der Waals surface area contributed by atoms with Crippen LogP contribution in [0.25, 0.3) is 0 Å². The molecule has 7 heteroatoms. The average molecular weight is 340 g/mol. The summed E-state index contributed by atoms with van der Waals surface area (Å²) in [5.74, 6) is 0.215. The Hall–Kier alpha value is -2.83. The summed E-state index contributed by atoms with van der Waals surface area (Å²) in [6.45, 7) is 3.13. The lowest BCUT2D eigenvalue weighted by molar-refractivity contribution is -0.122. The van der Waals surface area contributed by atoms with E-state index in [9.17, 15) is 9.59 Å². The third-order valence-corrected chi connectivity index (χ3v) is 4.79. The number of aromatic nitrogens is 2. The first-order valence-electron chi connectivity index (χ1n) is 8.51. The molecule has 130 valence electrons. The third-order valence-electron chi connectivity index (χ3n) is 4.79. The quantitative estimate of drug-likeness (QED) is 0.926. The van der Waals surface area contributed by atoms with Gasteiger partial charge in [0.05, 0.1) is 23.6 Å². The number of anilines is 1. The highest BCUT2D eigenvalue weighted by Gasteiger charge is 2.34. The van der Waals surface area contributed by atoms with Crippen molar-refractivity contribution < 1.29 is 14.3 Å². The van der Waals surface area contributed by atoms with E-state index in [1.165, 1.54) is 0 Å². The lowest BCUT2D eigenvalue weighted by Gasteiger charge is -2.29. The van der Waals surface area contributed by atoms with Crippen molar-refractivity contribution in [3.8, 4) is 5.75 Å². The summed E-state index contributed by atoms with van der Waals surface area (Å²) in [4.78, 5) is 30.9. The number of fused-ring (bicyclic) bond motifs is 1. The van der Waals surface area contributed by atoms with Crippen LogP contribution >= 0.6 is 0 Å². The summed E-state index contributed by atoms with van der Waals surface area (Å²) in [5, 5.41) is 2.80. The van der Waals surface area contributed by atoms with Gasteiger partial charge in [-0.3, -0.25) is 9.59 Å². The molecule has 2 atom stereocenters. The van der Waals surface area contributed by atoms with E-state index in [2.05, 4.69) is 10.3 Å². The smallest absolute Gasteiger partial charge is 0.265 e. The van der Waals surface area contributed by atoms with Crippen molar-refractivity contribution >= 4 is 17.5 Å². The lowest BCUT2D eigenvalue weighted by Crippen LogP contribution is -2.39. The van der Waals surface area contributed by atoms with Crippen LogP contribution in [0.2, 0.25) is 0 Å². The number of carbonyl (C=O) groups is 2. The number of benzene rings is 1. The van der Waals surface area contributed by atoms with Gasteiger partial charge in [-0.15, -0.1) is 0 Å². The summed E-state index contributed by atoms with van der Waals surface area (Å²) in [6, 6.07) is 5.42. The van der Waals surface area contributed by atoms with Crippen LogP contribution in [0, 0.1) is 0 Å². The molecule has 1 N–H and O–H groups in total. The van der Waals surface area contributed by atoms with Crippen molar-refractivity contribution in [2.24, 2.45) is 0 Å². The van der Waals surface area contributed by atoms with Gasteiger partial charge >= 0.3 is 0 Å². The number of likely N-dealkylation sites (tertiary alicyclic amines) is 1. The van der Waals surface area contributed by atoms with E-state index >= 15 is 0 Å². The molecule has 0 bridgehead atoms. The summed E-state index contributed by atoms with van der Waals surface area (Å²) >= 11 is 0. The Labute approximate surface area is 145 Å². The highest BCUT2D eigenvalue weighted by molar-refractivity contribution is 6.04.